The van der Waals surface area contributed by atoms with E-state index in [1.54, 1.807) is 0 Å². The number of ether oxygens (including phenoxy) is 1. The molecule has 1 aromatic carbocycles. The van der Waals surface area contributed by atoms with Gasteiger partial charge in [0, 0.05) is 11.5 Å². The van der Waals surface area contributed by atoms with Crippen LogP contribution in [0.3, 0.4) is 0 Å². The molecule has 3 heteroatoms. The maximum atomic E-state index is 13.1. The quantitative estimate of drug-likeness (QED) is 0.687. The van der Waals surface area contributed by atoms with Gasteiger partial charge in [0.2, 0.25) is 0 Å². The Balaban J connectivity index is 2.54. The average Bonchev–Trinajstić information content (AvgIpc) is 2.12. The van der Waals surface area contributed by atoms with Crippen LogP contribution in [0.4, 0.5) is 4.39 Å². The van der Waals surface area contributed by atoms with Crippen LogP contribution in [0.25, 0.3) is 0 Å². The van der Waals surface area contributed by atoms with Crippen molar-refractivity contribution in [2.24, 2.45) is 0 Å². The minimum atomic E-state index is -0.538. The van der Waals surface area contributed by atoms with E-state index in [-0.39, 0.29) is 11.7 Å². The molecule has 0 saturated heterocycles. The molecule has 1 N–H and O–H groups in total. The summed E-state index contributed by atoms with van der Waals surface area (Å²) < 4.78 is 18.5. The Kier molecular flexibility index (Phi) is 2.19. The molecule has 0 saturated carbocycles. The molecule has 1 aliphatic rings. The van der Waals surface area contributed by atoms with Gasteiger partial charge in [0.25, 0.3) is 0 Å². The average molecular weight is 196 g/mol. The van der Waals surface area contributed by atoms with E-state index in [1.807, 2.05) is 13.8 Å². The second-order valence-electron chi connectivity index (χ2n) is 3.81. The number of aryl methyl sites for hydroxylation is 1. The predicted molar refractivity (Wildman–Crippen MR) is 51.1 cm³/mol. The number of benzene rings is 1. The van der Waals surface area contributed by atoms with Crippen LogP contribution < -0.4 is 4.74 Å². The van der Waals surface area contributed by atoms with Crippen LogP contribution in [0.15, 0.2) is 12.1 Å². The number of aliphatic hydroxyl groups excluding tert-OH is 1. The highest BCUT2D eigenvalue weighted by atomic mass is 19.1. The Bertz CT molecular complexity index is 363. The van der Waals surface area contributed by atoms with Gasteiger partial charge < -0.3 is 9.84 Å². The summed E-state index contributed by atoms with van der Waals surface area (Å²) in [6.07, 6.45) is -0.538. The first kappa shape index (κ1) is 9.46. The SMILES string of the molecule is Cc1cc(F)cc2c1OC[C@@H](O)[C@H]2C. The molecular weight excluding hydrogens is 183 g/mol. The zero-order valence-electron chi connectivity index (χ0n) is 8.25. The minimum absolute atomic E-state index is 0.0619. The van der Waals surface area contributed by atoms with Crippen LogP contribution in [0.1, 0.15) is 24.0 Å². The first-order chi connectivity index (χ1) is 6.59. The van der Waals surface area contributed by atoms with Crippen molar-refractivity contribution in [3.63, 3.8) is 0 Å². The summed E-state index contributed by atoms with van der Waals surface area (Å²) in [6.45, 7) is 3.98. The molecule has 1 aliphatic heterocycles. The van der Waals surface area contributed by atoms with E-state index >= 15 is 0 Å². The number of halogens is 1. The second-order valence-corrected chi connectivity index (χ2v) is 3.81. The summed E-state index contributed by atoms with van der Waals surface area (Å²) in [5.74, 6) is 0.392. The highest BCUT2D eigenvalue weighted by Gasteiger charge is 2.27. The van der Waals surface area contributed by atoms with Crippen LogP contribution in [0.5, 0.6) is 5.75 Å². The highest BCUT2D eigenvalue weighted by molar-refractivity contribution is 5.45. The van der Waals surface area contributed by atoms with Crippen LogP contribution >= 0.6 is 0 Å². The summed E-state index contributed by atoms with van der Waals surface area (Å²) in [5.41, 5.74) is 1.56. The van der Waals surface area contributed by atoms with E-state index in [0.29, 0.717) is 6.61 Å². The highest BCUT2D eigenvalue weighted by Crippen LogP contribution is 2.36. The van der Waals surface area contributed by atoms with Crippen LogP contribution in [0.2, 0.25) is 0 Å². The number of rotatable bonds is 0. The Morgan fingerprint density at radius 2 is 2.21 bits per heavy atom. The summed E-state index contributed by atoms with van der Waals surface area (Å²) in [6, 6.07) is 2.89. The molecule has 0 aliphatic carbocycles. The van der Waals surface area contributed by atoms with Gasteiger partial charge in [0.05, 0.1) is 6.10 Å². The van der Waals surface area contributed by atoms with Crippen molar-refractivity contribution in [1.82, 2.24) is 0 Å². The fraction of sp³-hybridized carbons (Fsp3) is 0.455. The van der Waals surface area contributed by atoms with Crippen molar-refractivity contribution in [3.05, 3.63) is 29.1 Å². The van der Waals surface area contributed by atoms with Crippen LogP contribution in [-0.2, 0) is 0 Å². The maximum Gasteiger partial charge on any atom is 0.126 e. The fourth-order valence-corrected chi connectivity index (χ4v) is 1.81. The smallest absolute Gasteiger partial charge is 0.126 e. The molecule has 0 fully saturated rings. The largest absolute Gasteiger partial charge is 0.490 e. The molecular formula is C11H13FO2. The minimum Gasteiger partial charge on any atom is -0.490 e. The first-order valence-corrected chi connectivity index (χ1v) is 4.70. The van der Waals surface area contributed by atoms with Gasteiger partial charge >= 0.3 is 0 Å². The summed E-state index contributed by atoms with van der Waals surface area (Å²) in [5, 5.41) is 9.56. The van der Waals surface area contributed by atoms with Gasteiger partial charge in [-0.05, 0) is 24.6 Å². The summed E-state index contributed by atoms with van der Waals surface area (Å²) in [7, 11) is 0. The first-order valence-electron chi connectivity index (χ1n) is 4.70. The standard InChI is InChI=1S/C11H13FO2/c1-6-3-8(12)4-9-7(2)10(13)5-14-11(6)9/h3-4,7,10,13H,5H2,1-2H3/t7-,10+/m0/s1. The number of fused-ring (bicyclic) bond motifs is 1. The fourth-order valence-electron chi connectivity index (χ4n) is 1.81. The number of hydrogen-bond acceptors (Lipinski definition) is 2. The third-order valence-corrected chi connectivity index (χ3v) is 2.73. The lowest BCUT2D eigenvalue weighted by atomic mass is 9.91. The monoisotopic (exact) mass is 196 g/mol. The normalized spacial score (nSPS) is 25.4. The Labute approximate surface area is 82.3 Å². The van der Waals surface area contributed by atoms with Crippen molar-refractivity contribution in [2.45, 2.75) is 25.9 Å². The third kappa shape index (κ3) is 1.38. The lowest BCUT2D eigenvalue weighted by molar-refractivity contribution is 0.0707. The van der Waals surface area contributed by atoms with Crippen molar-refractivity contribution in [1.29, 1.82) is 0 Å². The molecule has 0 radical (unpaired) electrons. The van der Waals surface area contributed by atoms with Gasteiger partial charge in [-0.3, -0.25) is 0 Å². The molecule has 14 heavy (non-hydrogen) atoms. The Hall–Kier alpha value is -1.09. The molecule has 2 rings (SSSR count). The van der Waals surface area contributed by atoms with Gasteiger partial charge in [-0.15, -0.1) is 0 Å². The lowest BCUT2D eigenvalue weighted by Crippen LogP contribution is -2.29. The van der Waals surface area contributed by atoms with E-state index < -0.39 is 6.10 Å². The summed E-state index contributed by atoms with van der Waals surface area (Å²) in [4.78, 5) is 0. The molecule has 0 unspecified atom stereocenters. The summed E-state index contributed by atoms with van der Waals surface area (Å²) >= 11 is 0. The topological polar surface area (TPSA) is 29.5 Å². The molecule has 2 nitrogen and oxygen atoms in total. The van der Waals surface area contributed by atoms with Crippen molar-refractivity contribution >= 4 is 0 Å². The van der Waals surface area contributed by atoms with E-state index in [2.05, 4.69) is 0 Å². The number of hydrogen-bond donors (Lipinski definition) is 1. The van der Waals surface area contributed by atoms with E-state index in [1.165, 1.54) is 12.1 Å². The van der Waals surface area contributed by atoms with Gasteiger partial charge in [-0.25, -0.2) is 4.39 Å². The van der Waals surface area contributed by atoms with Gasteiger partial charge in [0.15, 0.2) is 0 Å². The predicted octanol–water partition coefficient (Wildman–Crippen LogP) is 1.99. The van der Waals surface area contributed by atoms with E-state index in [0.717, 1.165) is 16.9 Å². The molecule has 0 amide bonds. The van der Waals surface area contributed by atoms with Crippen LogP contribution in [0, 0.1) is 12.7 Å². The zero-order valence-corrected chi connectivity index (χ0v) is 8.25. The van der Waals surface area contributed by atoms with E-state index in [9.17, 15) is 9.50 Å². The van der Waals surface area contributed by atoms with Crippen molar-refractivity contribution < 1.29 is 14.2 Å². The molecule has 0 spiro atoms. The molecule has 1 heterocycles. The number of aliphatic hydroxyl groups is 1. The molecule has 1 aromatic rings. The molecule has 0 aromatic heterocycles. The maximum absolute atomic E-state index is 13.1. The Morgan fingerprint density at radius 1 is 1.50 bits per heavy atom. The van der Waals surface area contributed by atoms with Crippen LogP contribution in [-0.4, -0.2) is 17.8 Å². The molecule has 2 atom stereocenters. The van der Waals surface area contributed by atoms with Gasteiger partial charge in [-0.2, -0.15) is 0 Å². The molecule has 0 bridgehead atoms. The Morgan fingerprint density at radius 3 is 2.93 bits per heavy atom. The molecule has 76 valence electrons. The second kappa shape index (κ2) is 3.24. The van der Waals surface area contributed by atoms with E-state index in [4.69, 9.17) is 4.74 Å². The van der Waals surface area contributed by atoms with Crippen molar-refractivity contribution in [2.75, 3.05) is 6.61 Å². The lowest BCUT2D eigenvalue weighted by Gasteiger charge is -2.29. The van der Waals surface area contributed by atoms with Gasteiger partial charge in [-0.1, -0.05) is 6.92 Å². The van der Waals surface area contributed by atoms with Gasteiger partial charge in [0.1, 0.15) is 18.2 Å². The third-order valence-electron chi connectivity index (χ3n) is 2.73. The van der Waals surface area contributed by atoms with Crippen molar-refractivity contribution in [3.8, 4) is 5.75 Å². The zero-order chi connectivity index (χ0) is 10.3.